The number of rotatable bonds is 3. The SMILES string of the molecule is [CH2]C(F)(Cn1ccnn1)c1ccc(Cl)cc1. The van der Waals surface area contributed by atoms with E-state index in [1.807, 2.05) is 0 Å². The maximum Gasteiger partial charge on any atom is 0.155 e. The van der Waals surface area contributed by atoms with Gasteiger partial charge >= 0.3 is 0 Å². The highest BCUT2D eigenvalue weighted by Gasteiger charge is 2.26. The minimum absolute atomic E-state index is 0.0225. The molecule has 16 heavy (non-hydrogen) atoms. The molecule has 0 saturated heterocycles. The van der Waals surface area contributed by atoms with E-state index in [0.29, 0.717) is 10.6 Å². The van der Waals surface area contributed by atoms with Crippen molar-refractivity contribution in [1.82, 2.24) is 15.0 Å². The standard InChI is InChI=1S/C11H10ClFN3/c1-11(13,8-16-7-6-14-15-16)9-2-4-10(12)5-3-9/h2-7H,1,8H2. The molecule has 1 aromatic carbocycles. The van der Waals surface area contributed by atoms with E-state index in [1.54, 1.807) is 30.5 Å². The minimum atomic E-state index is -1.74. The van der Waals surface area contributed by atoms with Gasteiger partial charge in [-0.15, -0.1) is 5.10 Å². The van der Waals surface area contributed by atoms with Gasteiger partial charge in [-0.1, -0.05) is 28.9 Å². The van der Waals surface area contributed by atoms with E-state index < -0.39 is 5.67 Å². The molecular weight excluding hydrogens is 229 g/mol. The van der Waals surface area contributed by atoms with Gasteiger partial charge < -0.3 is 0 Å². The Morgan fingerprint density at radius 1 is 1.38 bits per heavy atom. The maximum atomic E-state index is 14.3. The van der Waals surface area contributed by atoms with E-state index in [0.717, 1.165) is 0 Å². The Hall–Kier alpha value is -1.42. The van der Waals surface area contributed by atoms with Crippen LogP contribution in [-0.4, -0.2) is 15.0 Å². The largest absolute Gasteiger partial charge is 0.249 e. The molecule has 3 nitrogen and oxygen atoms in total. The number of hydrogen-bond donors (Lipinski definition) is 0. The molecule has 0 aliphatic rings. The number of nitrogens with zero attached hydrogens (tertiary/aromatic N) is 3. The van der Waals surface area contributed by atoms with Gasteiger partial charge in [0.25, 0.3) is 0 Å². The fraction of sp³-hybridized carbons (Fsp3) is 0.182. The average molecular weight is 239 g/mol. The van der Waals surface area contributed by atoms with Gasteiger partial charge in [-0.2, -0.15) is 0 Å². The third-order valence-corrected chi connectivity index (χ3v) is 2.50. The smallest absolute Gasteiger partial charge is 0.155 e. The van der Waals surface area contributed by atoms with Crippen molar-refractivity contribution < 1.29 is 4.39 Å². The lowest BCUT2D eigenvalue weighted by Gasteiger charge is -2.20. The molecule has 2 rings (SSSR count). The van der Waals surface area contributed by atoms with Gasteiger partial charge in [0.05, 0.1) is 12.7 Å². The number of hydrogen-bond acceptors (Lipinski definition) is 2. The molecule has 0 spiro atoms. The van der Waals surface area contributed by atoms with Crippen molar-refractivity contribution in [3.8, 4) is 0 Å². The first-order valence-electron chi connectivity index (χ1n) is 4.72. The number of benzene rings is 1. The van der Waals surface area contributed by atoms with Gasteiger partial charge in [-0.3, -0.25) is 0 Å². The summed E-state index contributed by atoms with van der Waals surface area (Å²) < 4.78 is 15.7. The van der Waals surface area contributed by atoms with E-state index in [9.17, 15) is 4.39 Å². The first kappa shape index (κ1) is 11.1. The third kappa shape index (κ3) is 2.39. The van der Waals surface area contributed by atoms with Crippen LogP contribution >= 0.6 is 11.6 Å². The lowest BCUT2D eigenvalue weighted by atomic mass is 9.98. The molecule has 1 aromatic heterocycles. The Morgan fingerprint density at radius 3 is 2.62 bits per heavy atom. The van der Waals surface area contributed by atoms with Crippen LogP contribution in [0.5, 0.6) is 0 Å². The van der Waals surface area contributed by atoms with Gasteiger partial charge in [-0.25, -0.2) is 9.07 Å². The third-order valence-electron chi connectivity index (χ3n) is 2.25. The second kappa shape index (κ2) is 4.22. The molecule has 0 fully saturated rings. The van der Waals surface area contributed by atoms with Crippen LogP contribution in [0.1, 0.15) is 5.56 Å². The summed E-state index contributed by atoms with van der Waals surface area (Å²) in [6.07, 6.45) is 3.09. The van der Waals surface area contributed by atoms with Crippen molar-refractivity contribution in [3.05, 3.63) is 54.2 Å². The summed E-state index contributed by atoms with van der Waals surface area (Å²) in [6.45, 7) is 3.57. The highest BCUT2D eigenvalue weighted by molar-refractivity contribution is 6.30. The van der Waals surface area contributed by atoms with Crippen LogP contribution < -0.4 is 0 Å². The number of halogens is 2. The maximum absolute atomic E-state index is 14.3. The van der Waals surface area contributed by atoms with Crippen LogP contribution in [0.25, 0.3) is 0 Å². The van der Waals surface area contributed by atoms with Crippen LogP contribution in [0.15, 0.2) is 36.7 Å². The van der Waals surface area contributed by atoms with E-state index in [-0.39, 0.29) is 6.54 Å². The predicted octanol–water partition coefficient (Wildman–Crippen LogP) is 2.63. The fourth-order valence-electron chi connectivity index (χ4n) is 1.41. The van der Waals surface area contributed by atoms with Crippen LogP contribution in [0.3, 0.4) is 0 Å². The van der Waals surface area contributed by atoms with Crippen LogP contribution in [0.2, 0.25) is 5.02 Å². The normalized spacial score (nSPS) is 14.7. The number of alkyl halides is 1. The summed E-state index contributed by atoms with van der Waals surface area (Å²) in [4.78, 5) is 0. The second-order valence-electron chi connectivity index (χ2n) is 3.57. The second-order valence-corrected chi connectivity index (χ2v) is 4.01. The molecule has 0 aliphatic heterocycles. The van der Waals surface area contributed by atoms with Gasteiger partial charge in [0, 0.05) is 11.2 Å². The van der Waals surface area contributed by atoms with E-state index in [2.05, 4.69) is 17.2 Å². The Kier molecular flexibility index (Phi) is 2.92. The highest BCUT2D eigenvalue weighted by atomic mass is 35.5. The molecule has 83 valence electrons. The van der Waals surface area contributed by atoms with Crippen LogP contribution in [0.4, 0.5) is 4.39 Å². The zero-order valence-electron chi connectivity index (χ0n) is 8.48. The average Bonchev–Trinajstić information content (AvgIpc) is 2.70. The summed E-state index contributed by atoms with van der Waals surface area (Å²) >= 11 is 5.73. The molecule has 0 aliphatic carbocycles. The molecule has 1 unspecified atom stereocenters. The molecule has 0 N–H and O–H groups in total. The zero-order chi connectivity index (χ0) is 11.6. The van der Waals surface area contributed by atoms with Crippen molar-refractivity contribution in [2.45, 2.75) is 12.2 Å². The first-order valence-corrected chi connectivity index (χ1v) is 5.10. The Balaban J connectivity index is 2.21. The highest BCUT2D eigenvalue weighted by Crippen LogP contribution is 2.27. The monoisotopic (exact) mass is 238 g/mol. The quantitative estimate of drug-likeness (QED) is 0.823. The molecule has 1 radical (unpaired) electrons. The number of aromatic nitrogens is 3. The van der Waals surface area contributed by atoms with Crippen molar-refractivity contribution >= 4 is 11.6 Å². The Bertz CT molecular complexity index is 451. The zero-order valence-corrected chi connectivity index (χ0v) is 9.23. The fourth-order valence-corrected chi connectivity index (χ4v) is 1.54. The van der Waals surface area contributed by atoms with Crippen LogP contribution in [-0.2, 0) is 12.2 Å². The lowest BCUT2D eigenvalue weighted by molar-refractivity contribution is 0.188. The van der Waals surface area contributed by atoms with E-state index in [1.165, 1.54) is 10.9 Å². The van der Waals surface area contributed by atoms with Crippen molar-refractivity contribution in [3.63, 3.8) is 0 Å². The summed E-state index contributed by atoms with van der Waals surface area (Å²) in [6, 6.07) is 6.51. The Morgan fingerprint density at radius 2 is 2.06 bits per heavy atom. The molecule has 1 heterocycles. The molecule has 5 heteroatoms. The van der Waals surface area contributed by atoms with Crippen molar-refractivity contribution in [2.75, 3.05) is 0 Å². The molecular formula is C11H10ClFN3. The van der Waals surface area contributed by atoms with Crippen molar-refractivity contribution in [2.24, 2.45) is 0 Å². The molecule has 0 amide bonds. The van der Waals surface area contributed by atoms with Crippen LogP contribution in [0, 0.1) is 6.92 Å². The molecule has 0 bridgehead atoms. The van der Waals surface area contributed by atoms with E-state index in [4.69, 9.17) is 11.6 Å². The lowest BCUT2D eigenvalue weighted by Crippen LogP contribution is -2.23. The Labute approximate surface area is 97.8 Å². The van der Waals surface area contributed by atoms with Gasteiger partial charge in [0.15, 0.2) is 5.67 Å². The van der Waals surface area contributed by atoms with Gasteiger partial charge in [-0.05, 0) is 24.6 Å². The van der Waals surface area contributed by atoms with E-state index >= 15 is 0 Å². The van der Waals surface area contributed by atoms with Gasteiger partial charge in [0.1, 0.15) is 0 Å². The topological polar surface area (TPSA) is 30.7 Å². The van der Waals surface area contributed by atoms with Gasteiger partial charge in [0.2, 0.25) is 0 Å². The summed E-state index contributed by atoms with van der Waals surface area (Å²) in [5, 5.41) is 7.89. The molecule has 2 aromatic rings. The summed E-state index contributed by atoms with van der Waals surface area (Å²) in [5.74, 6) is 0. The molecule has 1 atom stereocenters. The predicted molar refractivity (Wildman–Crippen MR) is 59.6 cm³/mol. The minimum Gasteiger partial charge on any atom is -0.249 e. The summed E-state index contributed by atoms with van der Waals surface area (Å²) in [5.41, 5.74) is -1.27. The first-order chi connectivity index (χ1) is 7.58. The van der Waals surface area contributed by atoms with Crippen molar-refractivity contribution in [1.29, 1.82) is 0 Å². The summed E-state index contributed by atoms with van der Waals surface area (Å²) in [7, 11) is 0. The molecule has 0 saturated carbocycles.